The summed E-state index contributed by atoms with van der Waals surface area (Å²) in [5, 5.41) is 0. The molecule has 0 aromatic carbocycles. The Morgan fingerprint density at radius 3 is 1.45 bits per heavy atom. The molecule has 0 fully saturated rings. The van der Waals surface area contributed by atoms with Gasteiger partial charge in [0.2, 0.25) is 4.52 Å². The van der Waals surface area contributed by atoms with Crippen LogP contribution in [0, 0.1) is 0 Å². The SMILES string of the molecule is CCC(Cl)(Cl)OP(=O)(OC(Br)(Br)CC)OC(Br)(Br)CC. The highest BCUT2D eigenvalue weighted by Gasteiger charge is 2.47. The first-order valence-electron chi connectivity index (χ1n) is 5.66. The third kappa shape index (κ3) is 9.04. The van der Waals surface area contributed by atoms with Gasteiger partial charge in [-0.2, -0.15) is 0 Å². The zero-order chi connectivity index (χ0) is 16.2. The summed E-state index contributed by atoms with van der Waals surface area (Å²) in [7, 11) is -4.08. The van der Waals surface area contributed by atoms with Gasteiger partial charge in [0.25, 0.3) is 0 Å². The zero-order valence-corrected chi connectivity index (χ0v) is 19.7. The van der Waals surface area contributed by atoms with E-state index in [1.165, 1.54) is 0 Å². The van der Waals surface area contributed by atoms with Gasteiger partial charge in [-0.05, 0) is 76.6 Å². The monoisotopic (exact) mass is 604 g/mol. The summed E-state index contributed by atoms with van der Waals surface area (Å²) < 4.78 is 24.8. The number of alkyl halides is 6. The lowest BCUT2D eigenvalue weighted by atomic mass is 10.5. The number of rotatable bonds is 9. The van der Waals surface area contributed by atoms with Crippen LogP contribution in [0.25, 0.3) is 0 Å². The predicted octanol–water partition coefficient (Wildman–Crippen LogP) is 7.39. The van der Waals surface area contributed by atoms with Crippen LogP contribution in [0.15, 0.2) is 0 Å². The third-order valence-corrected chi connectivity index (χ3v) is 8.37. The Morgan fingerprint density at radius 2 is 1.20 bits per heavy atom. The van der Waals surface area contributed by atoms with Crippen molar-refractivity contribution in [3.8, 4) is 0 Å². The lowest BCUT2D eigenvalue weighted by molar-refractivity contribution is 0.0662. The van der Waals surface area contributed by atoms with Gasteiger partial charge in [0.1, 0.15) is 0 Å². The molecule has 11 heteroatoms. The molecule has 0 N–H and O–H groups in total. The molecule has 0 aromatic heterocycles. The maximum Gasteiger partial charge on any atom is 0.481 e. The predicted molar refractivity (Wildman–Crippen MR) is 97.3 cm³/mol. The molecule has 0 unspecified atom stereocenters. The van der Waals surface area contributed by atoms with Crippen LogP contribution in [0.3, 0.4) is 0 Å². The molecule has 0 rings (SSSR count). The van der Waals surface area contributed by atoms with Gasteiger partial charge in [-0.1, -0.05) is 44.0 Å². The minimum Gasteiger partial charge on any atom is -0.258 e. The summed E-state index contributed by atoms with van der Waals surface area (Å²) >= 11 is 24.7. The summed E-state index contributed by atoms with van der Waals surface area (Å²) in [5.74, 6) is 0. The Kier molecular flexibility index (Phi) is 9.76. The Balaban J connectivity index is 5.29. The van der Waals surface area contributed by atoms with Crippen molar-refractivity contribution < 1.29 is 18.1 Å². The molecule has 0 bridgehead atoms. The van der Waals surface area contributed by atoms with Crippen LogP contribution in [-0.4, -0.2) is 11.4 Å². The standard InChI is InChI=1S/C9H15Br4Cl2O4P/c1-4-7(10,11)17-20(16,18-8(12,13)5-2)19-9(14,15)6-3/h4-6H2,1-3H3. The van der Waals surface area contributed by atoms with E-state index in [4.69, 9.17) is 36.8 Å². The van der Waals surface area contributed by atoms with Crippen molar-refractivity contribution in [2.45, 2.75) is 51.4 Å². The minimum absolute atomic E-state index is 0.195. The molecule has 0 saturated heterocycles. The van der Waals surface area contributed by atoms with Crippen molar-refractivity contribution in [2.24, 2.45) is 0 Å². The lowest BCUT2D eigenvalue weighted by Gasteiger charge is -2.32. The molecule has 0 aromatic rings. The summed E-state index contributed by atoms with van der Waals surface area (Å²) in [6.07, 6.45) is 1.08. The van der Waals surface area contributed by atoms with E-state index in [0.717, 1.165) is 0 Å². The molecule has 0 spiro atoms. The van der Waals surface area contributed by atoms with E-state index >= 15 is 0 Å². The minimum atomic E-state index is -4.08. The largest absolute Gasteiger partial charge is 0.481 e. The molecule has 0 radical (unpaired) electrons. The first-order chi connectivity index (χ1) is 8.80. The Morgan fingerprint density at radius 1 is 0.850 bits per heavy atom. The van der Waals surface area contributed by atoms with Crippen molar-refractivity contribution in [1.82, 2.24) is 0 Å². The number of halogens is 6. The molecular weight excluding hydrogens is 594 g/mol. The molecule has 0 atom stereocenters. The van der Waals surface area contributed by atoms with E-state index in [2.05, 4.69) is 63.7 Å². The van der Waals surface area contributed by atoms with E-state index < -0.39 is 19.2 Å². The molecule has 0 saturated carbocycles. The van der Waals surface area contributed by atoms with Gasteiger partial charge >= 0.3 is 7.82 Å². The normalized spacial score (nSPS) is 14.7. The maximum absolute atomic E-state index is 12.8. The van der Waals surface area contributed by atoms with Crippen molar-refractivity contribution in [2.75, 3.05) is 0 Å². The van der Waals surface area contributed by atoms with Crippen LogP contribution in [-0.2, 0) is 18.1 Å². The quantitative estimate of drug-likeness (QED) is 0.202. The van der Waals surface area contributed by atoms with Crippen LogP contribution >= 0.6 is 94.7 Å². The fourth-order valence-electron chi connectivity index (χ4n) is 0.740. The van der Waals surface area contributed by atoms with Gasteiger partial charge in [0, 0.05) is 6.42 Å². The van der Waals surface area contributed by atoms with E-state index in [-0.39, 0.29) is 6.42 Å². The van der Waals surface area contributed by atoms with Crippen molar-refractivity contribution >= 4 is 94.7 Å². The van der Waals surface area contributed by atoms with Crippen molar-refractivity contribution in [3.63, 3.8) is 0 Å². The highest BCUT2D eigenvalue weighted by molar-refractivity contribution is 9.25. The average molecular weight is 609 g/mol. The highest BCUT2D eigenvalue weighted by atomic mass is 79.9. The molecular formula is C9H15Br4Cl2O4P. The summed E-state index contributed by atoms with van der Waals surface area (Å²) in [5.41, 5.74) is 0. The lowest BCUT2D eigenvalue weighted by Crippen LogP contribution is -2.25. The van der Waals surface area contributed by atoms with Gasteiger partial charge < -0.3 is 0 Å². The second-order valence-electron chi connectivity index (χ2n) is 3.69. The molecule has 122 valence electrons. The molecule has 4 nitrogen and oxygen atoms in total. The smallest absolute Gasteiger partial charge is 0.258 e. The second kappa shape index (κ2) is 8.63. The van der Waals surface area contributed by atoms with Gasteiger partial charge in [-0.25, -0.2) is 9.09 Å². The van der Waals surface area contributed by atoms with E-state index in [9.17, 15) is 4.57 Å². The molecule has 20 heavy (non-hydrogen) atoms. The van der Waals surface area contributed by atoms with Crippen molar-refractivity contribution in [3.05, 3.63) is 0 Å². The number of hydrogen-bond donors (Lipinski definition) is 0. The van der Waals surface area contributed by atoms with Crippen LogP contribution in [0.4, 0.5) is 0 Å². The fraction of sp³-hybridized carbons (Fsp3) is 1.00. The Labute approximate surface area is 163 Å². The summed E-state index contributed by atoms with van der Waals surface area (Å²) in [6.45, 7) is 5.28. The summed E-state index contributed by atoms with van der Waals surface area (Å²) in [6, 6.07) is 0. The molecule has 0 amide bonds. The highest BCUT2D eigenvalue weighted by Crippen LogP contribution is 2.64. The second-order valence-corrected chi connectivity index (χ2v) is 13.8. The Bertz CT molecular complexity index is 316. The van der Waals surface area contributed by atoms with Crippen LogP contribution < -0.4 is 0 Å². The molecule has 0 aliphatic carbocycles. The molecule has 0 aliphatic rings. The van der Waals surface area contributed by atoms with Gasteiger partial charge in [0.15, 0.2) is 6.84 Å². The first-order valence-corrected chi connectivity index (χ1v) is 11.0. The topological polar surface area (TPSA) is 44.8 Å². The number of hydrogen-bond acceptors (Lipinski definition) is 4. The summed E-state index contributed by atoms with van der Waals surface area (Å²) in [4.78, 5) is 0. The average Bonchev–Trinajstić information content (AvgIpc) is 2.26. The zero-order valence-electron chi connectivity index (χ0n) is 11.0. The fourth-order valence-corrected chi connectivity index (χ4v) is 4.86. The maximum atomic E-state index is 12.8. The van der Waals surface area contributed by atoms with E-state index in [1.54, 1.807) is 20.8 Å². The van der Waals surface area contributed by atoms with Crippen LogP contribution in [0.5, 0.6) is 0 Å². The van der Waals surface area contributed by atoms with Gasteiger partial charge in [0.05, 0.1) is 0 Å². The van der Waals surface area contributed by atoms with E-state index in [0.29, 0.717) is 12.8 Å². The van der Waals surface area contributed by atoms with Crippen LogP contribution in [0.2, 0.25) is 0 Å². The van der Waals surface area contributed by atoms with Gasteiger partial charge in [-0.3, -0.25) is 9.05 Å². The number of phosphoric ester groups is 1. The van der Waals surface area contributed by atoms with Crippen LogP contribution in [0.1, 0.15) is 40.0 Å². The molecule has 0 aliphatic heterocycles. The number of phosphoric acid groups is 1. The first kappa shape index (κ1) is 22.6. The van der Waals surface area contributed by atoms with Gasteiger partial charge in [-0.15, -0.1) is 0 Å². The van der Waals surface area contributed by atoms with E-state index in [1.807, 2.05) is 0 Å². The van der Waals surface area contributed by atoms with Crippen molar-refractivity contribution in [1.29, 1.82) is 0 Å². The third-order valence-electron chi connectivity index (χ3n) is 1.97. The molecule has 0 heterocycles. The Hall–Kier alpha value is 2.61.